The predicted molar refractivity (Wildman–Crippen MR) is 242 cm³/mol. The van der Waals surface area contributed by atoms with E-state index in [-0.39, 0.29) is 44.0 Å². The molecule has 6 nitrogen and oxygen atoms in total. The first-order valence-electron chi connectivity index (χ1n) is 22.1. The third kappa shape index (κ3) is 42.8. The summed E-state index contributed by atoms with van der Waals surface area (Å²) in [4.78, 5) is 37.6. The van der Waals surface area contributed by atoms with Crippen LogP contribution in [0.5, 0.6) is 0 Å². The van der Waals surface area contributed by atoms with Crippen molar-refractivity contribution in [2.75, 3.05) is 13.2 Å². The molecule has 0 amide bonds. The number of ether oxygens (including phenoxy) is 3. The molecule has 0 aromatic carbocycles. The van der Waals surface area contributed by atoms with Gasteiger partial charge < -0.3 is 14.2 Å². The highest BCUT2D eigenvalue weighted by molar-refractivity contribution is 5.71. The monoisotopic (exact) mass is 787 g/mol. The summed E-state index contributed by atoms with van der Waals surface area (Å²) in [7, 11) is 0. The van der Waals surface area contributed by atoms with Crippen molar-refractivity contribution in [2.24, 2.45) is 0 Å². The standard InChI is InChI=1S/C51H78O6/c1-4-7-10-13-16-19-21-23-24-25-26-28-29-32-35-38-41-44-50(53)56-47-48(46-55-49(52)43-40-37-34-31-18-15-12-9-6-3)57-51(54)45-42-39-36-33-30-27-22-20-17-14-11-8-5-2/h7-12,14,16-20,22-24,26,28,31-32,35,48H,4-6,13,15,21,25,27,29-30,33-34,36-47H2,1-3H3/b10-7-,11-8-,12-9-,17-14-,19-16-,22-20-,24-23-,28-26-,31-18-,35-32-. The first-order chi connectivity index (χ1) is 28.0. The number of allylic oxidation sites excluding steroid dienone is 20. The zero-order valence-corrected chi connectivity index (χ0v) is 36.0. The summed E-state index contributed by atoms with van der Waals surface area (Å²) in [6, 6.07) is 0. The van der Waals surface area contributed by atoms with Gasteiger partial charge in [-0.2, -0.15) is 0 Å². The number of hydrogen-bond donors (Lipinski definition) is 0. The summed E-state index contributed by atoms with van der Waals surface area (Å²) < 4.78 is 16.6. The summed E-state index contributed by atoms with van der Waals surface area (Å²) in [5.74, 6) is -1.06. The van der Waals surface area contributed by atoms with Gasteiger partial charge in [0.05, 0.1) is 0 Å². The molecule has 0 spiro atoms. The molecule has 0 radical (unpaired) electrons. The molecule has 0 heterocycles. The van der Waals surface area contributed by atoms with Gasteiger partial charge in [-0.25, -0.2) is 0 Å². The quantitative estimate of drug-likeness (QED) is 0.0205. The van der Waals surface area contributed by atoms with Gasteiger partial charge in [0.15, 0.2) is 6.10 Å². The van der Waals surface area contributed by atoms with Crippen LogP contribution in [0.15, 0.2) is 122 Å². The van der Waals surface area contributed by atoms with E-state index in [0.29, 0.717) is 12.8 Å². The fourth-order valence-electron chi connectivity index (χ4n) is 5.28. The lowest BCUT2D eigenvalue weighted by atomic mass is 10.1. The maximum Gasteiger partial charge on any atom is 0.306 e. The maximum atomic E-state index is 12.7. The molecule has 0 bridgehead atoms. The van der Waals surface area contributed by atoms with Gasteiger partial charge in [0.25, 0.3) is 0 Å². The Morgan fingerprint density at radius 3 is 1.28 bits per heavy atom. The summed E-state index contributed by atoms with van der Waals surface area (Å²) in [5.41, 5.74) is 0. The minimum atomic E-state index is -0.825. The molecule has 1 atom stereocenters. The molecule has 1 unspecified atom stereocenters. The normalized spacial score (nSPS) is 13.2. The number of rotatable bonds is 37. The van der Waals surface area contributed by atoms with Crippen LogP contribution in [-0.4, -0.2) is 37.2 Å². The van der Waals surface area contributed by atoms with Gasteiger partial charge in [0, 0.05) is 19.3 Å². The molecular weight excluding hydrogens is 709 g/mol. The molecule has 0 aliphatic rings. The van der Waals surface area contributed by atoms with Gasteiger partial charge >= 0.3 is 17.9 Å². The number of esters is 3. The smallest absolute Gasteiger partial charge is 0.306 e. The second-order valence-electron chi connectivity index (χ2n) is 13.9. The Kier molecular flexibility index (Phi) is 41.3. The van der Waals surface area contributed by atoms with Crippen LogP contribution in [0.2, 0.25) is 0 Å². The second kappa shape index (κ2) is 44.5. The molecule has 318 valence electrons. The molecule has 0 aromatic rings. The van der Waals surface area contributed by atoms with E-state index in [0.717, 1.165) is 116 Å². The maximum absolute atomic E-state index is 12.7. The average molecular weight is 787 g/mol. The topological polar surface area (TPSA) is 78.9 Å². The van der Waals surface area contributed by atoms with Crippen molar-refractivity contribution in [3.8, 4) is 0 Å². The Hall–Kier alpha value is -4.19. The van der Waals surface area contributed by atoms with Gasteiger partial charge in [0.2, 0.25) is 0 Å². The highest BCUT2D eigenvalue weighted by atomic mass is 16.6. The van der Waals surface area contributed by atoms with E-state index in [1.54, 1.807) is 0 Å². The van der Waals surface area contributed by atoms with Crippen molar-refractivity contribution < 1.29 is 28.6 Å². The zero-order valence-electron chi connectivity index (χ0n) is 36.0. The van der Waals surface area contributed by atoms with E-state index < -0.39 is 6.10 Å². The molecule has 57 heavy (non-hydrogen) atoms. The molecule has 0 aromatic heterocycles. The van der Waals surface area contributed by atoms with Crippen LogP contribution in [-0.2, 0) is 28.6 Å². The third-order valence-corrected chi connectivity index (χ3v) is 8.50. The predicted octanol–water partition coefficient (Wildman–Crippen LogP) is 14.2. The van der Waals surface area contributed by atoms with Crippen LogP contribution in [0.1, 0.15) is 162 Å². The Balaban J connectivity index is 4.54. The van der Waals surface area contributed by atoms with Crippen LogP contribution < -0.4 is 0 Å². The minimum Gasteiger partial charge on any atom is -0.462 e. The number of carbonyl (C=O) groups excluding carboxylic acids is 3. The van der Waals surface area contributed by atoms with E-state index in [2.05, 4.69) is 136 Å². The lowest BCUT2D eigenvalue weighted by Gasteiger charge is -2.18. The SMILES string of the molecule is CC\C=C/C=C\C=C/CCCCCCCC(=O)OC(COC(=O)CCC/C=C\C/C=C\C/C=C\C/C=C\C/C=C\CC)COC(=O)CCCC/C=C\C/C=C\CC. The van der Waals surface area contributed by atoms with Crippen molar-refractivity contribution in [2.45, 2.75) is 168 Å². The summed E-state index contributed by atoms with van der Waals surface area (Å²) in [6.07, 6.45) is 60.6. The van der Waals surface area contributed by atoms with E-state index in [1.807, 2.05) is 6.08 Å². The zero-order chi connectivity index (χ0) is 41.5. The van der Waals surface area contributed by atoms with E-state index >= 15 is 0 Å². The van der Waals surface area contributed by atoms with Crippen molar-refractivity contribution in [1.82, 2.24) is 0 Å². The largest absolute Gasteiger partial charge is 0.462 e. The number of unbranched alkanes of at least 4 members (excludes halogenated alkanes) is 8. The number of hydrogen-bond acceptors (Lipinski definition) is 6. The van der Waals surface area contributed by atoms with Crippen LogP contribution in [0.4, 0.5) is 0 Å². The van der Waals surface area contributed by atoms with Crippen molar-refractivity contribution in [3.05, 3.63) is 122 Å². The highest BCUT2D eigenvalue weighted by Gasteiger charge is 2.19. The highest BCUT2D eigenvalue weighted by Crippen LogP contribution is 2.11. The Labute approximate surface area is 348 Å². The van der Waals surface area contributed by atoms with E-state index in [4.69, 9.17) is 14.2 Å². The molecule has 0 saturated carbocycles. The van der Waals surface area contributed by atoms with Crippen LogP contribution in [0.3, 0.4) is 0 Å². The molecule has 0 N–H and O–H groups in total. The lowest BCUT2D eigenvalue weighted by Crippen LogP contribution is -2.30. The Morgan fingerprint density at radius 2 is 0.737 bits per heavy atom. The van der Waals surface area contributed by atoms with Gasteiger partial charge in [-0.15, -0.1) is 0 Å². The average Bonchev–Trinajstić information content (AvgIpc) is 3.21. The fourth-order valence-corrected chi connectivity index (χ4v) is 5.28. The second-order valence-corrected chi connectivity index (χ2v) is 13.9. The molecule has 0 rings (SSSR count). The van der Waals surface area contributed by atoms with Gasteiger partial charge in [0.1, 0.15) is 13.2 Å². The fraction of sp³-hybridized carbons (Fsp3) is 0.549. The summed E-state index contributed by atoms with van der Waals surface area (Å²) >= 11 is 0. The van der Waals surface area contributed by atoms with Crippen molar-refractivity contribution >= 4 is 17.9 Å². The first-order valence-corrected chi connectivity index (χ1v) is 22.1. The minimum absolute atomic E-state index is 0.126. The summed E-state index contributed by atoms with van der Waals surface area (Å²) in [6.45, 7) is 6.12. The van der Waals surface area contributed by atoms with Crippen molar-refractivity contribution in [1.29, 1.82) is 0 Å². The summed E-state index contributed by atoms with van der Waals surface area (Å²) in [5, 5.41) is 0. The Bertz CT molecular complexity index is 1270. The number of carbonyl (C=O) groups is 3. The molecule has 0 aliphatic carbocycles. The molecule has 0 saturated heterocycles. The molecule has 0 fully saturated rings. The van der Waals surface area contributed by atoms with Crippen LogP contribution in [0, 0.1) is 0 Å². The van der Waals surface area contributed by atoms with E-state index in [1.165, 1.54) is 0 Å². The first kappa shape index (κ1) is 52.8. The Morgan fingerprint density at radius 1 is 0.368 bits per heavy atom. The van der Waals surface area contributed by atoms with Crippen molar-refractivity contribution in [3.63, 3.8) is 0 Å². The van der Waals surface area contributed by atoms with E-state index in [9.17, 15) is 14.4 Å². The molecular formula is C51H78O6. The lowest BCUT2D eigenvalue weighted by molar-refractivity contribution is -0.167. The van der Waals surface area contributed by atoms with Crippen LogP contribution in [0.25, 0.3) is 0 Å². The third-order valence-electron chi connectivity index (χ3n) is 8.50. The molecule has 6 heteroatoms. The van der Waals surface area contributed by atoms with Gasteiger partial charge in [-0.05, 0) is 103 Å². The van der Waals surface area contributed by atoms with Crippen LogP contribution >= 0.6 is 0 Å². The van der Waals surface area contributed by atoms with Gasteiger partial charge in [-0.3, -0.25) is 14.4 Å². The van der Waals surface area contributed by atoms with Gasteiger partial charge in [-0.1, -0.05) is 162 Å². The molecule has 0 aliphatic heterocycles.